The maximum absolute atomic E-state index is 12.6. The fourth-order valence-electron chi connectivity index (χ4n) is 4.05. The summed E-state index contributed by atoms with van der Waals surface area (Å²) in [5.41, 5.74) is 4.30. The van der Waals surface area contributed by atoms with E-state index < -0.39 is 30.4 Å². The number of carboxylic acids is 1. The van der Waals surface area contributed by atoms with Gasteiger partial charge in [-0.2, -0.15) is 0 Å². The van der Waals surface area contributed by atoms with Gasteiger partial charge in [-0.3, -0.25) is 14.9 Å². The Morgan fingerprint density at radius 2 is 1.73 bits per heavy atom. The normalized spacial score (nSPS) is 13.0. The molecule has 0 bridgehead atoms. The molecule has 0 radical (unpaired) electrons. The highest BCUT2D eigenvalue weighted by Gasteiger charge is 2.30. The molecule has 1 heterocycles. The van der Waals surface area contributed by atoms with Crippen LogP contribution in [0.1, 0.15) is 30.4 Å². The maximum Gasteiger partial charge on any atom is 0.407 e. The molecular weight excluding hydrogens is 424 g/mol. The minimum Gasteiger partial charge on any atom is -0.481 e. The first-order valence-electron chi connectivity index (χ1n) is 10.6. The fraction of sp³-hybridized carbons (Fsp3) is 0.250. The van der Waals surface area contributed by atoms with Crippen LogP contribution in [0.15, 0.2) is 60.9 Å². The molecule has 0 saturated carbocycles. The molecule has 0 fully saturated rings. The summed E-state index contributed by atoms with van der Waals surface area (Å²) in [4.78, 5) is 40.5. The monoisotopic (exact) mass is 448 g/mol. The van der Waals surface area contributed by atoms with Crippen molar-refractivity contribution < 1.29 is 24.2 Å². The van der Waals surface area contributed by atoms with E-state index in [9.17, 15) is 19.5 Å². The standard InChI is InChI=1S/C24H24N4O5/c1-2-28-12-11-25-23(28)27-22(31)20(13-21(29)30)26-24(32)33-14-19-17-9-5-3-7-15(17)16-8-4-6-10-18(16)19/h3-12,19-20H,2,13-14H2,1H3,(H,26,32)(H,29,30)(H,25,27,31). The van der Waals surface area contributed by atoms with Crippen LogP contribution >= 0.6 is 0 Å². The predicted octanol–water partition coefficient (Wildman–Crippen LogP) is 3.22. The minimum atomic E-state index is -1.32. The van der Waals surface area contributed by atoms with Gasteiger partial charge in [0.05, 0.1) is 6.42 Å². The Bertz CT molecular complexity index is 1140. The zero-order chi connectivity index (χ0) is 23.4. The average Bonchev–Trinajstić information content (AvgIpc) is 3.39. The largest absolute Gasteiger partial charge is 0.481 e. The molecule has 1 unspecified atom stereocenters. The van der Waals surface area contributed by atoms with Crippen LogP contribution in [-0.4, -0.2) is 45.3 Å². The number of rotatable bonds is 8. The summed E-state index contributed by atoms with van der Waals surface area (Å²) in [5, 5.41) is 14.1. The lowest BCUT2D eigenvalue weighted by Gasteiger charge is -2.18. The van der Waals surface area contributed by atoms with Gasteiger partial charge in [-0.15, -0.1) is 0 Å². The molecule has 3 aromatic rings. The summed E-state index contributed by atoms with van der Waals surface area (Å²) < 4.78 is 7.12. The van der Waals surface area contributed by atoms with Gasteiger partial charge in [0.15, 0.2) is 0 Å². The smallest absolute Gasteiger partial charge is 0.407 e. The van der Waals surface area contributed by atoms with Crippen LogP contribution in [0.3, 0.4) is 0 Å². The number of benzene rings is 2. The molecule has 0 saturated heterocycles. The van der Waals surface area contributed by atoms with E-state index in [-0.39, 0.29) is 18.5 Å². The number of nitrogens with one attached hydrogen (secondary N) is 2. The van der Waals surface area contributed by atoms with Crippen molar-refractivity contribution >= 4 is 23.9 Å². The van der Waals surface area contributed by atoms with Crippen molar-refractivity contribution in [2.45, 2.75) is 31.8 Å². The Kier molecular flexibility index (Phi) is 6.39. The van der Waals surface area contributed by atoms with Crippen LogP contribution in [0.5, 0.6) is 0 Å². The summed E-state index contributed by atoms with van der Waals surface area (Å²) >= 11 is 0. The van der Waals surface area contributed by atoms with Gasteiger partial charge >= 0.3 is 12.1 Å². The molecule has 1 atom stereocenters. The Morgan fingerprint density at radius 3 is 2.33 bits per heavy atom. The topological polar surface area (TPSA) is 123 Å². The van der Waals surface area contributed by atoms with Crippen LogP contribution in [0.4, 0.5) is 10.7 Å². The van der Waals surface area contributed by atoms with E-state index in [0.717, 1.165) is 22.3 Å². The third kappa shape index (κ3) is 4.72. The van der Waals surface area contributed by atoms with E-state index in [1.807, 2.05) is 55.5 Å². The molecule has 2 amide bonds. The predicted molar refractivity (Wildman–Crippen MR) is 121 cm³/mol. The Labute approximate surface area is 190 Å². The number of aryl methyl sites for hydroxylation is 1. The highest BCUT2D eigenvalue weighted by molar-refractivity contribution is 5.97. The second-order valence-corrected chi connectivity index (χ2v) is 7.65. The first-order chi connectivity index (χ1) is 16.0. The lowest BCUT2D eigenvalue weighted by molar-refractivity contribution is -0.139. The van der Waals surface area contributed by atoms with Crippen LogP contribution in [0, 0.1) is 0 Å². The number of carboxylic acid groups (broad SMARTS) is 1. The number of amides is 2. The van der Waals surface area contributed by atoms with Crippen LogP contribution in [0.2, 0.25) is 0 Å². The van der Waals surface area contributed by atoms with Gasteiger partial charge in [0.25, 0.3) is 0 Å². The lowest BCUT2D eigenvalue weighted by atomic mass is 9.98. The molecule has 1 aromatic heterocycles. The summed E-state index contributed by atoms with van der Waals surface area (Å²) in [6.45, 7) is 2.50. The van der Waals surface area contributed by atoms with Crippen molar-refractivity contribution in [2.75, 3.05) is 11.9 Å². The number of alkyl carbamates (subject to hydrolysis) is 1. The van der Waals surface area contributed by atoms with Gasteiger partial charge < -0.3 is 19.7 Å². The number of ether oxygens (including phenoxy) is 1. The zero-order valence-electron chi connectivity index (χ0n) is 18.0. The van der Waals surface area contributed by atoms with Gasteiger partial charge in [0, 0.05) is 24.9 Å². The van der Waals surface area contributed by atoms with Crippen molar-refractivity contribution in [1.82, 2.24) is 14.9 Å². The van der Waals surface area contributed by atoms with Crippen molar-refractivity contribution in [3.05, 3.63) is 72.1 Å². The SMILES string of the molecule is CCn1ccnc1NC(=O)C(CC(=O)O)NC(=O)OCC1c2ccccc2-c2ccccc21. The number of anilines is 1. The number of nitrogens with zero attached hydrogens (tertiary/aromatic N) is 2. The van der Waals surface area contributed by atoms with Crippen molar-refractivity contribution in [3.8, 4) is 11.1 Å². The van der Waals surface area contributed by atoms with Crippen LogP contribution in [-0.2, 0) is 20.9 Å². The molecular formula is C24H24N4O5. The number of carbonyl (C=O) groups is 3. The second-order valence-electron chi connectivity index (χ2n) is 7.65. The van der Waals surface area contributed by atoms with Gasteiger partial charge in [0.1, 0.15) is 12.6 Å². The summed E-state index contributed by atoms with van der Waals surface area (Å²) in [7, 11) is 0. The quantitative estimate of drug-likeness (QED) is 0.486. The number of aromatic nitrogens is 2. The molecule has 1 aliphatic rings. The summed E-state index contributed by atoms with van der Waals surface area (Å²) in [5.74, 6) is -1.79. The number of aliphatic carboxylic acids is 1. The van der Waals surface area contributed by atoms with Gasteiger partial charge in [-0.05, 0) is 29.2 Å². The lowest BCUT2D eigenvalue weighted by Crippen LogP contribution is -2.45. The van der Waals surface area contributed by atoms with E-state index in [4.69, 9.17) is 4.74 Å². The van der Waals surface area contributed by atoms with Gasteiger partial charge in [-0.25, -0.2) is 9.78 Å². The highest BCUT2D eigenvalue weighted by atomic mass is 16.5. The molecule has 4 rings (SSSR count). The molecule has 0 spiro atoms. The van der Waals surface area contributed by atoms with Crippen molar-refractivity contribution in [3.63, 3.8) is 0 Å². The molecule has 9 heteroatoms. The second kappa shape index (κ2) is 9.56. The number of carbonyl (C=O) groups excluding carboxylic acids is 2. The minimum absolute atomic E-state index is 0.0571. The first-order valence-corrected chi connectivity index (χ1v) is 10.6. The van der Waals surface area contributed by atoms with Gasteiger partial charge in [0.2, 0.25) is 11.9 Å². The molecule has 1 aliphatic carbocycles. The molecule has 9 nitrogen and oxygen atoms in total. The Morgan fingerprint density at radius 1 is 1.09 bits per heavy atom. The molecule has 170 valence electrons. The molecule has 0 aliphatic heterocycles. The third-order valence-corrected chi connectivity index (χ3v) is 5.62. The van der Waals surface area contributed by atoms with Crippen LogP contribution in [0.25, 0.3) is 11.1 Å². The number of hydrogen-bond donors (Lipinski definition) is 3. The average molecular weight is 448 g/mol. The van der Waals surface area contributed by atoms with E-state index in [2.05, 4.69) is 15.6 Å². The number of imidazole rings is 1. The van der Waals surface area contributed by atoms with Gasteiger partial charge in [-0.1, -0.05) is 48.5 Å². The number of fused-ring (bicyclic) bond motifs is 3. The van der Waals surface area contributed by atoms with E-state index in [1.54, 1.807) is 10.8 Å². The van der Waals surface area contributed by atoms with Crippen molar-refractivity contribution in [2.24, 2.45) is 0 Å². The fourth-order valence-corrected chi connectivity index (χ4v) is 4.05. The first kappa shape index (κ1) is 22.1. The van der Waals surface area contributed by atoms with Crippen molar-refractivity contribution in [1.29, 1.82) is 0 Å². The summed E-state index contributed by atoms with van der Waals surface area (Å²) in [6.07, 6.45) is 1.74. The van der Waals surface area contributed by atoms with E-state index >= 15 is 0 Å². The number of hydrogen-bond acceptors (Lipinski definition) is 5. The summed E-state index contributed by atoms with van der Waals surface area (Å²) in [6, 6.07) is 14.5. The highest BCUT2D eigenvalue weighted by Crippen LogP contribution is 2.44. The molecule has 33 heavy (non-hydrogen) atoms. The zero-order valence-corrected chi connectivity index (χ0v) is 18.0. The molecule has 2 aromatic carbocycles. The Hall–Kier alpha value is -4.14. The van der Waals surface area contributed by atoms with E-state index in [0.29, 0.717) is 6.54 Å². The van der Waals surface area contributed by atoms with E-state index in [1.165, 1.54) is 6.20 Å². The third-order valence-electron chi connectivity index (χ3n) is 5.62. The van der Waals surface area contributed by atoms with Crippen LogP contribution < -0.4 is 10.6 Å². The Balaban J connectivity index is 1.43. The molecule has 3 N–H and O–H groups in total. The maximum atomic E-state index is 12.6.